The maximum Gasteiger partial charge on any atom is 0.131 e. The standard InChI is InChI=1S/C9H15N3S/c1-3-5-13-9-7(4-2)8(10)11-6-12-9/h6H,3-5H2,1-2H3,(H2,10,11,12). The first-order valence-electron chi connectivity index (χ1n) is 4.51. The first-order chi connectivity index (χ1) is 6.29. The Morgan fingerprint density at radius 1 is 1.38 bits per heavy atom. The van der Waals surface area contributed by atoms with Gasteiger partial charge < -0.3 is 5.73 Å². The molecule has 2 N–H and O–H groups in total. The van der Waals surface area contributed by atoms with Crippen LogP contribution in [0.4, 0.5) is 5.82 Å². The second-order valence-corrected chi connectivity index (χ2v) is 3.83. The van der Waals surface area contributed by atoms with Crippen molar-refractivity contribution >= 4 is 17.6 Å². The molecule has 0 aromatic carbocycles. The third kappa shape index (κ3) is 2.59. The molecule has 0 unspecified atom stereocenters. The van der Waals surface area contributed by atoms with E-state index in [0.29, 0.717) is 5.82 Å². The number of hydrogen-bond acceptors (Lipinski definition) is 4. The van der Waals surface area contributed by atoms with Gasteiger partial charge in [-0.1, -0.05) is 13.8 Å². The highest BCUT2D eigenvalue weighted by atomic mass is 32.2. The van der Waals surface area contributed by atoms with E-state index in [2.05, 4.69) is 23.8 Å². The molecule has 4 heteroatoms. The Bertz CT molecular complexity index is 276. The predicted octanol–water partition coefficient (Wildman–Crippen LogP) is 2.12. The number of thioether (sulfide) groups is 1. The molecule has 72 valence electrons. The molecule has 0 aliphatic rings. The first kappa shape index (κ1) is 10.3. The Labute approximate surface area is 83.2 Å². The van der Waals surface area contributed by atoms with E-state index in [1.54, 1.807) is 11.8 Å². The minimum Gasteiger partial charge on any atom is -0.383 e. The number of aromatic nitrogens is 2. The number of hydrogen-bond donors (Lipinski definition) is 1. The topological polar surface area (TPSA) is 51.8 Å². The molecule has 0 radical (unpaired) electrons. The lowest BCUT2D eigenvalue weighted by atomic mass is 10.2. The zero-order valence-electron chi connectivity index (χ0n) is 8.08. The van der Waals surface area contributed by atoms with Gasteiger partial charge in [0.15, 0.2) is 0 Å². The lowest BCUT2D eigenvalue weighted by molar-refractivity contribution is 0.950. The Hall–Kier alpha value is -0.770. The Morgan fingerprint density at radius 3 is 2.77 bits per heavy atom. The van der Waals surface area contributed by atoms with Crippen LogP contribution in [0.2, 0.25) is 0 Å². The van der Waals surface area contributed by atoms with E-state index in [0.717, 1.165) is 29.2 Å². The highest BCUT2D eigenvalue weighted by molar-refractivity contribution is 7.99. The van der Waals surface area contributed by atoms with E-state index >= 15 is 0 Å². The van der Waals surface area contributed by atoms with E-state index < -0.39 is 0 Å². The number of anilines is 1. The molecule has 0 atom stereocenters. The van der Waals surface area contributed by atoms with Gasteiger partial charge in [0.05, 0.1) is 0 Å². The van der Waals surface area contributed by atoms with Gasteiger partial charge in [-0.15, -0.1) is 11.8 Å². The van der Waals surface area contributed by atoms with Gasteiger partial charge in [0.1, 0.15) is 17.2 Å². The molecule has 0 saturated carbocycles. The molecular weight excluding hydrogens is 182 g/mol. The fourth-order valence-electron chi connectivity index (χ4n) is 1.06. The average molecular weight is 197 g/mol. The zero-order valence-corrected chi connectivity index (χ0v) is 8.90. The molecule has 0 aliphatic heterocycles. The number of rotatable bonds is 4. The molecule has 3 nitrogen and oxygen atoms in total. The number of nitrogens with zero attached hydrogens (tertiary/aromatic N) is 2. The fourth-order valence-corrected chi connectivity index (χ4v) is 2.01. The van der Waals surface area contributed by atoms with Crippen LogP contribution in [-0.4, -0.2) is 15.7 Å². The summed E-state index contributed by atoms with van der Waals surface area (Å²) in [7, 11) is 0. The molecule has 0 spiro atoms. The molecule has 1 aromatic heterocycles. The minimum absolute atomic E-state index is 0.621. The molecule has 13 heavy (non-hydrogen) atoms. The fraction of sp³-hybridized carbons (Fsp3) is 0.556. The van der Waals surface area contributed by atoms with Crippen LogP contribution in [0.25, 0.3) is 0 Å². The maximum absolute atomic E-state index is 5.74. The van der Waals surface area contributed by atoms with Gasteiger partial charge in [-0.3, -0.25) is 0 Å². The largest absolute Gasteiger partial charge is 0.383 e. The summed E-state index contributed by atoms with van der Waals surface area (Å²) >= 11 is 1.75. The summed E-state index contributed by atoms with van der Waals surface area (Å²) in [5.41, 5.74) is 6.82. The summed E-state index contributed by atoms with van der Waals surface area (Å²) in [6, 6.07) is 0. The summed E-state index contributed by atoms with van der Waals surface area (Å²) in [5.74, 6) is 1.71. The highest BCUT2D eigenvalue weighted by Gasteiger charge is 2.06. The van der Waals surface area contributed by atoms with Gasteiger partial charge in [-0.05, 0) is 18.6 Å². The first-order valence-corrected chi connectivity index (χ1v) is 5.50. The second-order valence-electron chi connectivity index (χ2n) is 2.74. The summed E-state index contributed by atoms with van der Waals surface area (Å²) in [4.78, 5) is 8.19. The average Bonchev–Trinajstić information content (AvgIpc) is 2.15. The molecule has 0 fully saturated rings. The summed E-state index contributed by atoms with van der Waals surface area (Å²) < 4.78 is 0. The van der Waals surface area contributed by atoms with Crippen LogP contribution in [-0.2, 0) is 6.42 Å². The van der Waals surface area contributed by atoms with Gasteiger partial charge in [0.2, 0.25) is 0 Å². The zero-order chi connectivity index (χ0) is 9.68. The molecule has 1 heterocycles. The van der Waals surface area contributed by atoms with Gasteiger partial charge in [-0.2, -0.15) is 0 Å². The van der Waals surface area contributed by atoms with Crippen molar-refractivity contribution in [2.45, 2.75) is 31.7 Å². The maximum atomic E-state index is 5.74. The van der Waals surface area contributed by atoms with Crippen molar-refractivity contribution in [3.05, 3.63) is 11.9 Å². The number of nitrogens with two attached hydrogens (primary N) is 1. The van der Waals surface area contributed by atoms with Crippen LogP contribution in [0.3, 0.4) is 0 Å². The second kappa shape index (κ2) is 5.07. The van der Waals surface area contributed by atoms with Crippen molar-refractivity contribution in [3.8, 4) is 0 Å². The highest BCUT2D eigenvalue weighted by Crippen LogP contribution is 2.23. The van der Waals surface area contributed by atoms with Crippen LogP contribution in [0.5, 0.6) is 0 Å². The monoisotopic (exact) mass is 197 g/mol. The van der Waals surface area contributed by atoms with Crippen molar-refractivity contribution in [2.24, 2.45) is 0 Å². The van der Waals surface area contributed by atoms with Gasteiger partial charge in [0.25, 0.3) is 0 Å². The van der Waals surface area contributed by atoms with Crippen molar-refractivity contribution in [1.29, 1.82) is 0 Å². The Kier molecular flexibility index (Phi) is 4.02. The summed E-state index contributed by atoms with van der Waals surface area (Å²) in [6.45, 7) is 4.23. The van der Waals surface area contributed by atoms with E-state index in [-0.39, 0.29) is 0 Å². The quantitative estimate of drug-likeness (QED) is 0.593. The van der Waals surface area contributed by atoms with E-state index in [1.165, 1.54) is 6.33 Å². The van der Waals surface area contributed by atoms with Crippen LogP contribution < -0.4 is 5.73 Å². The third-order valence-electron chi connectivity index (χ3n) is 1.74. The van der Waals surface area contributed by atoms with Gasteiger partial charge in [0, 0.05) is 5.56 Å². The molecule has 1 aromatic rings. The minimum atomic E-state index is 0.621. The molecule has 0 amide bonds. The molecular formula is C9H15N3S. The van der Waals surface area contributed by atoms with Crippen molar-refractivity contribution < 1.29 is 0 Å². The lowest BCUT2D eigenvalue weighted by Gasteiger charge is -2.06. The van der Waals surface area contributed by atoms with Gasteiger partial charge >= 0.3 is 0 Å². The molecule has 0 bridgehead atoms. The normalized spacial score (nSPS) is 10.3. The molecule has 0 aliphatic carbocycles. The summed E-state index contributed by atoms with van der Waals surface area (Å²) in [6.07, 6.45) is 3.59. The van der Waals surface area contributed by atoms with Crippen LogP contribution >= 0.6 is 11.8 Å². The molecule has 1 rings (SSSR count). The van der Waals surface area contributed by atoms with Crippen molar-refractivity contribution in [1.82, 2.24) is 9.97 Å². The van der Waals surface area contributed by atoms with Crippen LogP contribution in [0, 0.1) is 0 Å². The predicted molar refractivity (Wildman–Crippen MR) is 56.8 cm³/mol. The van der Waals surface area contributed by atoms with E-state index in [9.17, 15) is 0 Å². The SMILES string of the molecule is CCCSc1ncnc(N)c1CC. The van der Waals surface area contributed by atoms with Crippen LogP contribution in [0.1, 0.15) is 25.8 Å². The smallest absolute Gasteiger partial charge is 0.131 e. The van der Waals surface area contributed by atoms with Crippen molar-refractivity contribution in [3.63, 3.8) is 0 Å². The number of nitrogen functional groups attached to an aromatic ring is 1. The Morgan fingerprint density at radius 2 is 2.15 bits per heavy atom. The third-order valence-corrected chi connectivity index (χ3v) is 2.97. The van der Waals surface area contributed by atoms with E-state index in [4.69, 9.17) is 5.73 Å². The molecule has 0 saturated heterocycles. The van der Waals surface area contributed by atoms with E-state index in [1.807, 2.05) is 0 Å². The van der Waals surface area contributed by atoms with Crippen molar-refractivity contribution in [2.75, 3.05) is 11.5 Å². The Balaban J connectivity index is 2.85. The van der Waals surface area contributed by atoms with Crippen LogP contribution in [0.15, 0.2) is 11.4 Å². The lowest BCUT2D eigenvalue weighted by Crippen LogP contribution is -2.00. The van der Waals surface area contributed by atoms with Gasteiger partial charge in [-0.25, -0.2) is 9.97 Å². The summed E-state index contributed by atoms with van der Waals surface area (Å²) in [5, 5.41) is 1.04.